The van der Waals surface area contributed by atoms with Crippen molar-refractivity contribution in [1.29, 1.82) is 0 Å². The lowest BCUT2D eigenvalue weighted by Crippen LogP contribution is -2.04. The van der Waals surface area contributed by atoms with Crippen molar-refractivity contribution in [3.05, 3.63) is 71.2 Å². The van der Waals surface area contributed by atoms with Gasteiger partial charge in [0.05, 0.1) is 0 Å². The van der Waals surface area contributed by atoms with Crippen LogP contribution in [0.5, 0.6) is 0 Å². The Bertz CT molecular complexity index is 775. The number of furan rings is 1. The quantitative estimate of drug-likeness (QED) is 0.787. The average Bonchev–Trinajstić information content (AvgIpc) is 2.86. The summed E-state index contributed by atoms with van der Waals surface area (Å²) in [6.45, 7) is 0. The third-order valence-corrected chi connectivity index (χ3v) is 3.28. The molecular weight excluding hydrogens is 281 g/mol. The molecule has 0 fully saturated rings. The van der Waals surface area contributed by atoms with Crippen molar-refractivity contribution < 1.29 is 22.7 Å². The van der Waals surface area contributed by atoms with Crippen molar-refractivity contribution in [3.63, 3.8) is 0 Å². The molecule has 0 aliphatic rings. The van der Waals surface area contributed by atoms with Crippen molar-refractivity contribution in [2.75, 3.05) is 0 Å². The molecule has 0 saturated heterocycles. The van der Waals surface area contributed by atoms with E-state index in [1.54, 1.807) is 0 Å². The number of benzene rings is 2. The molecule has 1 unspecified atom stereocenters. The van der Waals surface area contributed by atoms with Crippen LogP contribution in [-0.2, 0) is 6.42 Å². The largest absolute Gasteiger partial charge is 0.458 e. The van der Waals surface area contributed by atoms with Gasteiger partial charge in [0, 0.05) is 17.4 Å². The molecule has 1 aromatic heterocycles. The fourth-order valence-corrected chi connectivity index (χ4v) is 2.22. The lowest BCUT2D eigenvalue weighted by atomic mass is 10.0. The third kappa shape index (κ3) is 2.64. The van der Waals surface area contributed by atoms with Crippen molar-refractivity contribution in [2.45, 2.75) is 12.5 Å². The number of fused-ring (bicyclic) bond motifs is 1. The first-order valence-electron chi connectivity index (χ1n) is 6.34. The van der Waals surface area contributed by atoms with E-state index >= 15 is 0 Å². The summed E-state index contributed by atoms with van der Waals surface area (Å²) in [4.78, 5) is 0. The van der Waals surface area contributed by atoms with Crippen LogP contribution < -0.4 is 0 Å². The maximum Gasteiger partial charge on any atom is 0.134 e. The summed E-state index contributed by atoms with van der Waals surface area (Å²) in [5.41, 5.74) is 0.191. The molecule has 2 nitrogen and oxygen atoms in total. The molecule has 0 amide bonds. The minimum absolute atomic E-state index is 0.137. The molecule has 3 aromatic rings. The van der Waals surface area contributed by atoms with Crippen LogP contribution in [0, 0.1) is 17.5 Å². The van der Waals surface area contributed by atoms with Gasteiger partial charge < -0.3 is 9.52 Å². The molecule has 2 aromatic carbocycles. The molecule has 3 rings (SSSR count). The first-order valence-corrected chi connectivity index (χ1v) is 6.34. The second-order valence-electron chi connectivity index (χ2n) is 4.75. The molecule has 1 atom stereocenters. The molecule has 0 saturated carbocycles. The van der Waals surface area contributed by atoms with Gasteiger partial charge in [0.15, 0.2) is 0 Å². The van der Waals surface area contributed by atoms with Crippen LogP contribution in [0.3, 0.4) is 0 Å². The van der Waals surface area contributed by atoms with E-state index in [1.807, 2.05) is 0 Å². The Kier molecular flexibility index (Phi) is 3.43. The lowest BCUT2D eigenvalue weighted by Gasteiger charge is -2.09. The SMILES string of the molecule is OC(Cc1c(F)cccc1F)c1cc2cc(F)ccc2o1. The van der Waals surface area contributed by atoms with Crippen LogP contribution in [0.4, 0.5) is 13.2 Å². The van der Waals surface area contributed by atoms with E-state index in [0.717, 1.165) is 12.1 Å². The van der Waals surface area contributed by atoms with Gasteiger partial charge in [-0.3, -0.25) is 0 Å². The zero-order valence-corrected chi connectivity index (χ0v) is 10.8. The number of aliphatic hydroxyl groups excluding tert-OH is 1. The van der Waals surface area contributed by atoms with Gasteiger partial charge in [-0.25, -0.2) is 13.2 Å². The van der Waals surface area contributed by atoms with Crippen molar-refractivity contribution >= 4 is 11.0 Å². The van der Waals surface area contributed by atoms with Crippen LogP contribution in [-0.4, -0.2) is 5.11 Å². The highest BCUT2D eigenvalue weighted by atomic mass is 19.1. The third-order valence-electron chi connectivity index (χ3n) is 3.28. The standard InChI is InChI=1S/C16H11F3O2/c17-10-4-5-15-9(6-10)7-16(21-15)14(20)8-11-12(18)2-1-3-13(11)19/h1-7,14,20H,8H2. The highest BCUT2D eigenvalue weighted by molar-refractivity contribution is 5.77. The van der Waals surface area contributed by atoms with Gasteiger partial charge in [0.2, 0.25) is 0 Å². The van der Waals surface area contributed by atoms with Crippen molar-refractivity contribution in [3.8, 4) is 0 Å². The highest BCUT2D eigenvalue weighted by Crippen LogP contribution is 2.28. The summed E-state index contributed by atoms with van der Waals surface area (Å²) < 4.78 is 45.6. The van der Waals surface area contributed by atoms with E-state index < -0.39 is 23.6 Å². The summed E-state index contributed by atoms with van der Waals surface area (Å²) in [6.07, 6.45) is -1.48. The fraction of sp³-hybridized carbons (Fsp3) is 0.125. The van der Waals surface area contributed by atoms with Gasteiger partial charge in [0.1, 0.15) is 34.9 Å². The van der Waals surface area contributed by atoms with Crippen LogP contribution in [0.25, 0.3) is 11.0 Å². The first kappa shape index (κ1) is 13.7. The van der Waals surface area contributed by atoms with Crippen LogP contribution in [0.2, 0.25) is 0 Å². The second kappa shape index (κ2) is 5.26. The molecule has 0 spiro atoms. The van der Waals surface area contributed by atoms with Gasteiger partial charge in [-0.05, 0) is 36.4 Å². The Balaban J connectivity index is 1.91. The fourth-order valence-electron chi connectivity index (χ4n) is 2.22. The topological polar surface area (TPSA) is 33.4 Å². The zero-order chi connectivity index (χ0) is 15.0. The van der Waals surface area contributed by atoms with Crippen LogP contribution >= 0.6 is 0 Å². The average molecular weight is 292 g/mol. The summed E-state index contributed by atoms with van der Waals surface area (Å²) in [5.74, 6) is -1.74. The van der Waals surface area contributed by atoms with Gasteiger partial charge in [-0.15, -0.1) is 0 Å². The van der Waals surface area contributed by atoms with Crippen LogP contribution in [0.1, 0.15) is 17.4 Å². The normalized spacial score (nSPS) is 12.8. The lowest BCUT2D eigenvalue weighted by molar-refractivity contribution is 0.150. The maximum atomic E-state index is 13.6. The Morgan fingerprint density at radius 1 is 1.00 bits per heavy atom. The van der Waals surface area contributed by atoms with E-state index in [1.165, 1.54) is 30.3 Å². The van der Waals surface area contributed by atoms with Crippen molar-refractivity contribution in [2.24, 2.45) is 0 Å². The molecule has 0 aliphatic carbocycles. The summed E-state index contributed by atoms with van der Waals surface area (Å²) in [6, 6.07) is 8.90. The zero-order valence-electron chi connectivity index (χ0n) is 10.8. The van der Waals surface area contributed by atoms with Crippen molar-refractivity contribution in [1.82, 2.24) is 0 Å². The summed E-state index contributed by atoms with van der Waals surface area (Å²) >= 11 is 0. The number of rotatable bonds is 3. The second-order valence-corrected chi connectivity index (χ2v) is 4.75. The molecule has 1 heterocycles. The highest BCUT2D eigenvalue weighted by Gasteiger charge is 2.18. The van der Waals surface area contributed by atoms with E-state index in [-0.39, 0.29) is 17.7 Å². The summed E-state index contributed by atoms with van der Waals surface area (Å²) in [7, 11) is 0. The smallest absolute Gasteiger partial charge is 0.134 e. The number of hydrogen-bond donors (Lipinski definition) is 1. The molecule has 108 valence electrons. The molecular formula is C16H11F3O2. The summed E-state index contributed by atoms with van der Waals surface area (Å²) in [5, 5.41) is 10.6. The maximum absolute atomic E-state index is 13.6. The first-order chi connectivity index (χ1) is 10.0. The molecule has 0 bridgehead atoms. The van der Waals surface area contributed by atoms with Gasteiger partial charge in [0.25, 0.3) is 0 Å². The van der Waals surface area contributed by atoms with Gasteiger partial charge in [-0.1, -0.05) is 6.07 Å². The van der Waals surface area contributed by atoms with Gasteiger partial charge in [-0.2, -0.15) is 0 Å². The van der Waals surface area contributed by atoms with E-state index in [9.17, 15) is 18.3 Å². The molecule has 1 N–H and O–H groups in total. The Hall–Kier alpha value is -2.27. The number of halogens is 3. The number of aliphatic hydroxyl groups is 1. The Labute approximate surface area is 118 Å². The molecule has 0 radical (unpaired) electrons. The predicted octanol–water partition coefficient (Wildman–Crippen LogP) is 4.13. The molecule has 0 aliphatic heterocycles. The Morgan fingerprint density at radius 3 is 2.43 bits per heavy atom. The van der Waals surface area contributed by atoms with Gasteiger partial charge >= 0.3 is 0 Å². The Morgan fingerprint density at radius 2 is 1.71 bits per heavy atom. The monoisotopic (exact) mass is 292 g/mol. The van der Waals surface area contributed by atoms with E-state index in [4.69, 9.17) is 4.42 Å². The van der Waals surface area contributed by atoms with Crippen LogP contribution in [0.15, 0.2) is 46.9 Å². The van der Waals surface area contributed by atoms with E-state index in [0.29, 0.717) is 11.0 Å². The molecule has 5 heteroatoms. The molecule has 21 heavy (non-hydrogen) atoms. The minimum atomic E-state index is -1.22. The predicted molar refractivity (Wildman–Crippen MR) is 71.2 cm³/mol. The minimum Gasteiger partial charge on any atom is -0.458 e. The van der Waals surface area contributed by atoms with E-state index in [2.05, 4.69) is 0 Å². The number of hydrogen-bond acceptors (Lipinski definition) is 2.